The lowest BCUT2D eigenvalue weighted by Gasteiger charge is -2.35. The fourth-order valence-corrected chi connectivity index (χ4v) is 4.47. The predicted octanol–water partition coefficient (Wildman–Crippen LogP) is 5.58. The van der Waals surface area contributed by atoms with E-state index in [9.17, 15) is 4.79 Å². The molecule has 2 unspecified atom stereocenters. The van der Waals surface area contributed by atoms with Gasteiger partial charge in [-0.3, -0.25) is 9.36 Å². The Labute approximate surface area is 162 Å². The Hall–Kier alpha value is -2.13. The van der Waals surface area contributed by atoms with Crippen LogP contribution in [0.2, 0.25) is 0 Å². The molecular weight excluding hydrogens is 332 g/mol. The number of carbonyl (C=O) groups is 1. The Balaban J connectivity index is 1.41. The quantitative estimate of drug-likeness (QED) is 0.553. The van der Waals surface area contributed by atoms with Crippen molar-refractivity contribution in [2.75, 3.05) is 19.6 Å². The van der Waals surface area contributed by atoms with Crippen molar-refractivity contribution in [2.24, 2.45) is 11.8 Å². The number of rotatable bonds is 5. The van der Waals surface area contributed by atoms with Gasteiger partial charge in [-0.2, -0.15) is 0 Å². The summed E-state index contributed by atoms with van der Waals surface area (Å²) in [5.41, 5.74) is 2.06. The molecule has 3 nitrogen and oxygen atoms in total. The van der Waals surface area contributed by atoms with E-state index in [0.717, 1.165) is 53.0 Å². The predicted molar refractivity (Wildman–Crippen MR) is 113 cm³/mol. The molecule has 0 spiro atoms. The van der Waals surface area contributed by atoms with E-state index in [0.29, 0.717) is 6.42 Å². The number of hydrogen-bond acceptors (Lipinski definition) is 2. The standard InChI is InChI=1S/C24H30N2O/c1-18-14-16-25(17-19(18)2)15-8-7-13-24(27)26-22-11-5-3-9-20(22)21-10-4-6-12-23(21)26/h3-6,9-12,18-19H,7-8,13-17H2,1-2H3. The Morgan fingerprint density at radius 3 is 2.19 bits per heavy atom. The first-order valence-corrected chi connectivity index (χ1v) is 10.4. The second-order valence-electron chi connectivity index (χ2n) is 8.26. The van der Waals surface area contributed by atoms with E-state index in [1.54, 1.807) is 0 Å². The number of unbranched alkanes of at least 4 members (excludes halogenated alkanes) is 1. The molecule has 1 aromatic heterocycles. The van der Waals surface area contributed by atoms with Crippen molar-refractivity contribution in [1.82, 2.24) is 9.47 Å². The normalized spacial score (nSPS) is 21.1. The fraction of sp³-hybridized carbons (Fsp3) is 0.458. The average molecular weight is 363 g/mol. The number of para-hydroxylation sites is 2. The molecule has 1 aliphatic rings. The van der Waals surface area contributed by atoms with E-state index < -0.39 is 0 Å². The number of carbonyl (C=O) groups excluding carboxylic acids is 1. The molecule has 1 fully saturated rings. The summed E-state index contributed by atoms with van der Waals surface area (Å²) in [7, 11) is 0. The Morgan fingerprint density at radius 1 is 0.926 bits per heavy atom. The number of fused-ring (bicyclic) bond motifs is 3. The molecule has 27 heavy (non-hydrogen) atoms. The number of piperidine rings is 1. The van der Waals surface area contributed by atoms with Crippen LogP contribution in [0.15, 0.2) is 48.5 Å². The zero-order valence-corrected chi connectivity index (χ0v) is 16.5. The van der Waals surface area contributed by atoms with Crippen LogP contribution in [0.5, 0.6) is 0 Å². The van der Waals surface area contributed by atoms with Crippen molar-refractivity contribution in [1.29, 1.82) is 0 Å². The lowest BCUT2D eigenvalue weighted by molar-refractivity contribution is 0.0904. The van der Waals surface area contributed by atoms with Crippen molar-refractivity contribution in [3.63, 3.8) is 0 Å². The number of aromatic nitrogens is 1. The minimum Gasteiger partial charge on any atom is -0.303 e. The average Bonchev–Trinajstić information content (AvgIpc) is 3.02. The van der Waals surface area contributed by atoms with Gasteiger partial charge in [0.25, 0.3) is 0 Å². The van der Waals surface area contributed by atoms with Gasteiger partial charge in [0.2, 0.25) is 5.91 Å². The van der Waals surface area contributed by atoms with E-state index in [4.69, 9.17) is 0 Å². The van der Waals surface area contributed by atoms with Gasteiger partial charge in [0.05, 0.1) is 11.0 Å². The third-order valence-electron chi connectivity index (χ3n) is 6.36. The highest BCUT2D eigenvalue weighted by atomic mass is 16.2. The Morgan fingerprint density at radius 2 is 1.56 bits per heavy atom. The molecule has 0 saturated carbocycles. The van der Waals surface area contributed by atoms with Crippen molar-refractivity contribution < 1.29 is 4.79 Å². The molecule has 1 aliphatic heterocycles. The van der Waals surface area contributed by atoms with Gasteiger partial charge in [0.1, 0.15) is 0 Å². The van der Waals surface area contributed by atoms with Gasteiger partial charge in [-0.25, -0.2) is 0 Å². The molecule has 0 aliphatic carbocycles. The molecule has 0 N–H and O–H groups in total. The minimum atomic E-state index is 0.216. The summed E-state index contributed by atoms with van der Waals surface area (Å²) in [6, 6.07) is 16.5. The summed E-state index contributed by atoms with van der Waals surface area (Å²) in [5.74, 6) is 1.85. The van der Waals surface area contributed by atoms with Gasteiger partial charge < -0.3 is 4.90 Å². The second-order valence-corrected chi connectivity index (χ2v) is 8.26. The van der Waals surface area contributed by atoms with Crippen LogP contribution in [-0.2, 0) is 0 Å². The van der Waals surface area contributed by atoms with E-state index >= 15 is 0 Å². The molecule has 2 heterocycles. The van der Waals surface area contributed by atoms with E-state index in [-0.39, 0.29) is 5.91 Å². The molecule has 2 atom stereocenters. The second kappa shape index (κ2) is 7.85. The van der Waals surface area contributed by atoms with Crippen molar-refractivity contribution >= 4 is 27.7 Å². The van der Waals surface area contributed by atoms with Gasteiger partial charge in [-0.1, -0.05) is 50.2 Å². The summed E-state index contributed by atoms with van der Waals surface area (Å²) in [4.78, 5) is 15.6. The zero-order valence-electron chi connectivity index (χ0n) is 16.5. The number of nitrogens with zero attached hydrogens (tertiary/aromatic N) is 2. The number of likely N-dealkylation sites (tertiary alicyclic amines) is 1. The highest BCUT2D eigenvalue weighted by Gasteiger charge is 2.22. The molecule has 3 heteroatoms. The van der Waals surface area contributed by atoms with Crippen LogP contribution in [0.3, 0.4) is 0 Å². The fourth-order valence-electron chi connectivity index (χ4n) is 4.47. The van der Waals surface area contributed by atoms with Gasteiger partial charge in [-0.05, 0) is 56.3 Å². The molecule has 1 saturated heterocycles. The lowest BCUT2D eigenvalue weighted by atomic mass is 9.88. The molecule has 4 rings (SSSR count). The molecule has 3 aromatic rings. The highest BCUT2D eigenvalue weighted by molar-refractivity contribution is 6.13. The summed E-state index contributed by atoms with van der Waals surface area (Å²) in [6.45, 7) is 8.28. The van der Waals surface area contributed by atoms with Crippen molar-refractivity contribution in [2.45, 2.75) is 39.5 Å². The maximum absolute atomic E-state index is 13.0. The van der Waals surface area contributed by atoms with Crippen LogP contribution in [-0.4, -0.2) is 35.0 Å². The topological polar surface area (TPSA) is 25.2 Å². The monoisotopic (exact) mass is 362 g/mol. The van der Waals surface area contributed by atoms with Crippen LogP contribution in [0.4, 0.5) is 0 Å². The molecule has 0 amide bonds. The maximum Gasteiger partial charge on any atom is 0.231 e. The lowest BCUT2D eigenvalue weighted by Crippen LogP contribution is -2.38. The zero-order chi connectivity index (χ0) is 18.8. The van der Waals surface area contributed by atoms with E-state index in [1.807, 2.05) is 28.8 Å². The van der Waals surface area contributed by atoms with Crippen LogP contribution < -0.4 is 0 Å². The maximum atomic E-state index is 13.0. The molecule has 142 valence electrons. The van der Waals surface area contributed by atoms with Gasteiger partial charge in [0.15, 0.2) is 0 Å². The van der Waals surface area contributed by atoms with Crippen LogP contribution >= 0.6 is 0 Å². The van der Waals surface area contributed by atoms with Gasteiger partial charge >= 0.3 is 0 Å². The van der Waals surface area contributed by atoms with Crippen LogP contribution in [0.1, 0.15) is 44.3 Å². The van der Waals surface area contributed by atoms with E-state index in [1.165, 1.54) is 19.5 Å². The Kier molecular flexibility index (Phi) is 5.31. The molecule has 2 aromatic carbocycles. The van der Waals surface area contributed by atoms with Gasteiger partial charge in [0, 0.05) is 23.7 Å². The van der Waals surface area contributed by atoms with Crippen molar-refractivity contribution in [3.8, 4) is 0 Å². The summed E-state index contributed by atoms with van der Waals surface area (Å²) >= 11 is 0. The molecular formula is C24H30N2O. The minimum absolute atomic E-state index is 0.216. The van der Waals surface area contributed by atoms with Crippen LogP contribution in [0.25, 0.3) is 21.8 Å². The van der Waals surface area contributed by atoms with E-state index in [2.05, 4.69) is 43.0 Å². The molecule has 0 bridgehead atoms. The van der Waals surface area contributed by atoms with Gasteiger partial charge in [-0.15, -0.1) is 0 Å². The Bertz CT molecular complexity index is 889. The number of hydrogen-bond donors (Lipinski definition) is 0. The summed E-state index contributed by atoms with van der Waals surface area (Å²) < 4.78 is 1.93. The smallest absolute Gasteiger partial charge is 0.231 e. The first-order chi connectivity index (χ1) is 13.1. The molecule has 0 radical (unpaired) electrons. The number of benzene rings is 2. The SMILES string of the molecule is CC1CCN(CCCCC(=O)n2c3ccccc3c3ccccc32)CC1C. The highest BCUT2D eigenvalue weighted by Crippen LogP contribution is 2.29. The first-order valence-electron chi connectivity index (χ1n) is 10.4. The van der Waals surface area contributed by atoms with Crippen LogP contribution in [0, 0.1) is 11.8 Å². The third-order valence-corrected chi connectivity index (χ3v) is 6.36. The summed E-state index contributed by atoms with van der Waals surface area (Å²) in [6.07, 6.45) is 3.98. The largest absolute Gasteiger partial charge is 0.303 e. The first kappa shape index (κ1) is 18.2. The third kappa shape index (κ3) is 3.66. The van der Waals surface area contributed by atoms with Crippen molar-refractivity contribution in [3.05, 3.63) is 48.5 Å². The summed E-state index contributed by atoms with van der Waals surface area (Å²) in [5, 5.41) is 2.33.